The first-order valence-electron chi connectivity index (χ1n) is 7.32. The van der Waals surface area contributed by atoms with Crippen molar-refractivity contribution in [2.45, 2.75) is 13.8 Å². The first kappa shape index (κ1) is 15.1. The third kappa shape index (κ3) is 3.04. The van der Waals surface area contributed by atoms with E-state index < -0.39 is 0 Å². The predicted molar refractivity (Wildman–Crippen MR) is 82.6 cm³/mol. The van der Waals surface area contributed by atoms with E-state index in [0.29, 0.717) is 55.2 Å². The van der Waals surface area contributed by atoms with Crippen LogP contribution in [-0.2, 0) is 0 Å². The minimum Gasteiger partial charge on any atom is -0.351 e. The van der Waals surface area contributed by atoms with Crippen molar-refractivity contribution < 1.29 is 4.39 Å². The van der Waals surface area contributed by atoms with Gasteiger partial charge in [0.15, 0.2) is 11.6 Å². The van der Waals surface area contributed by atoms with E-state index >= 15 is 0 Å². The zero-order valence-electron chi connectivity index (χ0n) is 13.0. The molecule has 0 saturated carbocycles. The van der Waals surface area contributed by atoms with Crippen molar-refractivity contribution in [1.82, 2.24) is 19.9 Å². The number of aryl methyl sites for hydroxylation is 2. The summed E-state index contributed by atoms with van der Waals surface area (Å²) in [6, 6.07) is 3.58. The second kappa shape index (κ2) is 6.12. The largest absolute Gasteiger partial charge is 0.351 e. The highest BCUT2D eigenvalue weighted by atomic mass is 19.1. The summed E-state index contributed by atoms with van der Waals surface area (Å²) >= 11 is 0. The maximum absolute atomic E-state index is 14.2. The molecular formula is C15H16FN7. The lowest BCUT2D eigenvalue weighted by atomic mass is 10.3. The molecule has 2 aromatic rings. The van der Waals surface area contributed by atoms with Crippen molar-refractivity contribution in [3.8, 4) is 6.07 Å². The normalized spacial score (nSPS) is 14.7. The van der Waals surface area contributed by atoms with Gasteiger partial charge in [0, 0.05) is 32.4 Å². The van der Waals surface area contributed by atoms with E-state index in [-0.39, 0.29) is 5.82 Å². The molecule has 0 amide bonds. The monoisotopic (exact) mass is 313 g/mol. The first-order valence-corrected chi connectivity index (χ1v) is 7.32. The second-order valence-corrected chi connectivity index (χ2v) is 5.32. The highest BCUT2D eigenvalue weighted by Gasteiger charge is 2.23. The third-order valence-electron chi connectivity index (χ3n) is 3.73. The van der Waals surface area contributed by atoms with E-state index in [9.17, 15) is 4.39 Å². The molecule has 1 saturated heterocycles. The van der Waals surface area contributed by atoms with Crippen molar-refractivity contribution in [3.63, 3.8) is 0 Å². The van der Waals surface area contributed by atoms with Gasteiger partial charge in [0.2, 0.25) is 5.95 Å². The van der Waals surface area contributed by atoms with Gasteiger partial charge in [-0.1, -0.05) is 0 Å². The Morgan fingerprint density at radius 3 is 2.48 bits per heavy atom. The summed E-state index contributed by atoms with van der Waals surface area (Å²) in [6.07, 6.45) is 1.57. The van der Waals surface area contributed by atoms with Gasteiger partial charge in [-0.3, -0.25) is 0 Å². The lowest BCUT2D eigenvalue weighted by Crippen LogP contribution is -2.47. The molecule has 1 aliphatic heterocycles. The highest BCUT2D eigenvalue weighted by molar-refractivity contribution is 5.45. The van der Waals surface area contributed by atoms with Crippen LogP contribution in [0.25, 0.3) is 0 Å². The van der Waals surface area contributed by atoms with Gasteiger partial charge in [0.05, 0.1) is 5.69 Å². The molecule has 0 aromatic carbocycles. The minimum absolute atomic E-state index is 0.338. The van der Waals surface area contributed by atoms with Gasteiger partial charge in [-0.15, -0.1) is 0 Å². The smallest absolute Gasteiger partial charge is 0.226 e. The van der Waals surface area contributed by atoms with Crippen LogP contribution >= 0.6 is 0 Å². The number of nitriles is 1. The van der Waals surface area contributed by atoms with E-state index in [2.05, 4.69) is 19.9 Å². The Hall–Kier alpha value is -2.82. The fourth-order valence-electron chi connectivity index (χ4n) is 2.57. The molecule has 23 heavy (non-hydrogen) atoms. The van der Waals surface area contributed by atoms with Gasteiger partial charge >= 0.3 is 0 Å². The maximum atomic E-state index is 14.2. The second-order valence-electron chi connectivity index (χ2n) is 5.32. The summed E-state index contributed by atoms with van der Waals surface area (Å²) in [5.41, 5.74) is 0.700. The molecule has 0 atom stereocenters. The van der Waals surface area contributed by atoms with Gasteiger partial charge in [-0.2, -0.15) is 5.26 Å². The fraction of sp³-hybridized carbons (Fsp3) is 0.400. The van der Waals surface area contributed by atoms with E-state index in [0.717, 1.165) is 0 Å². The van der Waals surface area contributed by atoms with Crippen LogP contribution in [0, 0.1) is 31.0 Å². The SMILES string of the molecule is Cc1nc(C)c(F)c(N2CCN(c3nccc(C#N)n3)CC2)n1. The molecule has 0 N–H and O–H groups in total. The van der Waals surface area contributed by atoms with Gasteiger partial charge in [0.25, 0.3) is 0 Å². The van der Waals surface area contributed by atoms with Crippen molar-refractivity contribution in [2.24, 2.45) is 0 Å². The topological polar surface area (TPSA) is 81.8 Å². The number of anilines is 2. The maximum Gasteiger partial charge on any atom is 0.226 e. The Bertz CT molecular complexity index is 763. The van der Waals surface area contributed by atoms with Crippen LogP contribution < -0.4 is 9.80 Å². The number of nitrogens with zero attached hydrogens (tertiary/aromatic N) is 7. The number of piperazine rings is 1. The van der Waals surface area contributed by atoms with Crippen LogP contribution in [0.3, 0.4) is 0 Å². The Morgan fingerprint density at radius 1 is 1.09 bits per heavy atom. The number of hydrogen-bond donors (Lipinski definition) is 0. The molecule has 1 fully saturated rings. The molecule has 3 heterocycles. The number of rotatable bonds is 2. The zero-order chi connectivity index (χ0) is 16.4. The average Bonchev–Trinajstić information content (AvgIpc) is 2.58. The lowest BCUT2D eigenvalue weighted by Gasteiger charge is -2.35. The van der Waals surface area contributed by atoms with Gasteiger partial charge in [-0.25, -0.2) is 24.3 Å². The first-order chi connectivity index (χ1) is 11.1. The summed E-state index contributed by atoms with van der Waals surface area (Å²) in [5.74, 6) is 1.07. The molecule has 118 valence electrons. The van der Waals surface area contributed by atoms with E-state index in [1.54, 1.807) is 26.1 Å². The molecule has 0 unspecified atom stereocenters. The lowest BCUT2D eigenvalue weighted by molar-refractivity contribution is 0.569. The summed E-state index contributed by atoms with van der Waals surface area (Å²) in [6.45, 7) is 5.88. The van der Waals surface area contributed by atoms with Crippen LogP contribution in [0.2, 0.25) is 0 Å². The Morgan fingerprint density at radius 2 is 1.78 bits per heavy atom. The van der Waals surface area contributed by atoms with Crippen molar-refractivity contribution in [2.75, 3.05) is 36.0 Å². The van der Waals surface area contributed by atoms with Crippen LogP contribution in [0.4, 0.5) is 16.2 Å². The molecule has 0 spiro atoms. The molecule has 8 heteroatoms. The Kier molecular flexibility index (Phi) is 4.02. The predicted octanol–water partition coefficient (Wildman–Crippen LogP) is 1.22. The number of hydrogen-bond acceptors (Lipinski definition) is 7. The quantitative estimate of drug-likeness (QED) is 0.824. The van der Waals surface area contributed by atoms with Crippen LogP contribution in [0.15, 0.2) is 12.3 Å². The molecule has 1 aliphatic rings. The molecule has 7 nitrogen and oxygen atoms in total. The third-order valence-corrected chi connectivity index (χ3v) is 3.73. The minimum atomic E-state index is -0.369. The molecule has 0 radical (unpaired) electrons. The molecule has 0 aliphatic carbocycles. The summed E-state index contributed by atoms with van der Waals surface area (Å²) in [4.78, 5) is 20.5. The van der Waals surface area contributed by atoms with Gasteiger partial charge in [0.1, 0.15) is 17.6 Å². The Balaban J connectivity index is 1.75. The highest BCUT2D eigenvalue weighted by Crippen LogP contribution is 2.21. The molecule has 2 aromatic heterocycles. The average molecular weight is 313 g/mol. The standard InChI is InChI=1S/C15H16FN7/c1-10-13(16)14(20-11(2)19-10)22-5-7-23(8-6-22)15-18-4-3-12(9-17)21-15/h3-4H,5-8H2,1-2H3. The molecule has 3 rings (SSSR count). The fourth-order valence-corrected chi connectivity index (χ4v) is 2.57. The molecule has 0 bridgehead atoms. The van der Waals surface area contributed by atoms with Gasteiger partial charge < -0.3 is 9.80 Å². The van der Waals surface area contributed by atoms with Gasteiger partial charge in [-0.05, 0) is 19.9 Å². The van der Waals surface area contributed by atoms with Crippen molar-refractivity contribution in [1.29, 1.82) is 5.26 Å². The number of aromatic nitrogens is 4. The van der Waals surface area contributed by atoms with Crippen LogP contribution in [-0.4, -0.2) is 46.1 Å². The number of halogens is 1. The van der Waals surface area contributed by atoms with Crippen molar-refractivity contribution in [3.05, 3.63) is 35.3 Å². The summed E-state index contributed by atoms with van der Waals surface area (Å²) in [7, 11) is 0. The van der Waals surface area contributed by atoms with Crippen molar-refractivity contribution >= 4 is 11.8 Å². The van der Waals surface area contributed by atoms with E-state index in [1.165, 1.54) is 0 Å². The zero-order valence-corrected chi connectivity index (χ0v) is 13.0. The van der Waals surface area contributed by atoms with E-state index in [1.807, 2.05) is 15.9 Å². The van der Waals surface area contributed by atoms with Crippen LogP contribution in [0.5, 0.6) is 0 Å². The van der Waals surface area contributed by atoms with E-state index in [4.69, 9.17) is 5.26 Å². The molecular weight excluding hydrogens is 297 g/mol. The van der Waals surface area contributed by atoms with Crippen LogP contribution in [0.1, 0.15) is 17.2 Å². The summed E-state index contributed by atoms with van der Waals surface area (Å²) < 4.78 is 14.2. The summed E-state index contributed by atoms with van der Waals surface area (Å²) in [5, 5.41) is 8.91. The Labute approximate surface area is 133 Å².